The van der Waals surface area contributed by atoms with Crippen LogP contribution in [0.3, 0.4) is 0 Å². The van der Waals surface area contributed by atoms with Crippen LogP contribution in [0.2, 0.25) is 5.02 Å². The Morgan fingerprint density at radius 3 is 2.57 bits per heavy atom. The molecule has 0 aliphatic heterocycles. The SMILES string of the molecule is O=C(O)CCc1c(-c2ccccc2)[nH]c2c(Cl)cccc12. The molecule has 1 aromatic heterocycles. The van der Waals surface area contributed by atoms with Crippen LogP contribution >= 0.6 is 11.6 Å². The van der Waals surface area contributed by atoms with Gasteiger partial charge in [0.15, 0.2) is 0 Å². The van der Waals surface area contributed by atoms with Gasteiger partial charge in [0.1, 0.15) is 0 Å². The summed E-state index contributed by atoms with van der Waals surface area (Å²) in [6.45, 7) is 0. The number of para-hydroxylation sites is 1. The van der Waals surface area contributed by atoms with E-state index in [1.807, 2.05) is 48.5 Å². The van der Waals surface area contributed by atoms with Gasteiger partial charge in [0.05, 0.1) is 10.5 Å². The Bertz CT molecular complexity index is 793. The second kappa shape index (κ2) is 5.62. The molecule has 0 fully saturated rings. The fourth-order valence-corrected chi connectivity index (χ4v) is 2.80. The first-order chi connectivity index (χ1) is 10.2. The number of aromatic nitrogens is 1. The number of rotatable bonds is 4. The van der Waals surface area contributed by atoms with E-state index in [2.05, 4.69) is 4.98 Å². The van der Waals surface area contributed by atoms with Crippen LogP contribution in [0.15, 0.2) is 48.5 Å². The third-order valence-corrected chi connectivity index (χ3v) is 3.86. The number of fused-ring (bicyclic) bond motifs is 1. The third kappa shape index (κ3) is 2.65. The van der Waals surface area contributed by atoms with Crippen LogP contribution in [-0.2, 0) is 11.2 Å². The summed E-state index contributed by atoms with van der Waals surface area (Å²) < 4.78 is 0. The van der Waals surface area contributed by atoms with Crippen LogP contribution in [0.4, 0.5) is 0 Å². The number of benzene rings is 2. The van der Waals surface area contributed by atoms with Crippen molar-refractivity contribution in [3.05, 3.63) is 59.1 Å². The van der Waals surface area contributed by atoms with Crippen molar-refractivity contribution in [2.45, 2.75) is 12.8 Å². The van der Waals surface area contributed by atoms with E-state index in [4.69, 9.17) is 16.7 Å². The summed E-state index contributed by atoms with van der Waals surface area (Å²) in [5.74, 6) is -0.801. The van der Waals surface area contributed by atoms with Gasteiger partial charge in [-0.15, -0.1) is 0 Å². The normalized spacial score (nSPS) is 10.9. The Kier molecular flexibility index (Phi) is 3.67. The number of aryl methyl sites for hydroxylation is 1. The van der Waals surface area contributed by atoms with Gasteiger partial charge in [0.25, 0.3) is 0 Å². The summed E-state index contributed by atoms with van der Waals surface area (Å²) in [6.07, 6.45) is 0.569. The van der Waals surface area contributed by atoms with Gasteiger partial charge in [-0.05, 0) is 23.6 Å². The highest BCUT2D eigenvalue weighted by atomic mass is 35.5. The zero-order valence-corrected chi connectivity index (χ0v) is 12.0. The van der Waals surface area contributed by atoms with Gasteiger partial charge in [0.2, 0.25) is 0 Å². The van der Waals surface area contributed by atoms with Crippen molar-refractivity contribution < 1.29 is 9.90 Å². The second-order valence-corrected chi connectivity index (χ2v) is 5.31. The number of carboxylic acids is 1. The van der Waals surface area contributed by atoms with Crippen LogP contribution in [0, 0.1) is 0 Å². The second-order valence-electron chi connectivity index (χ2n) is 4.90. The highest BCUT2D eigenvalue weighted by Crippen LogP contribution is 2.34. The van der Waals surface area contributed by atoms with Gasteiger partial charge in [-0.2, -0.15) is 0 Å². The molecule has 3 rings (SSSR count). The minimum absolute atomic E-state index is 0.0965. The Labute approximate surface area is 127 Å². The first kappa shape index (κ1) is 13.7. The molecule has 1 heterocycles. The summed E-state index contributed by atoms with van der Waals surface area (Å²) in [7, 11) is 0. The van der Waals surface area contributed by atoms with E-state index in [0.29, 0.717) is 11.4 Å². The van der Waals surface area contributed by atoms with Crippen molar-refractivity contribution in [1.82, 2.24) is 4.98 Å². The van der Waals surface area contributed by atoms with Crippen LogP contribution in [0.5, 0.6) is 0 Å². The summed E-state index contributed by atoms with van der Waals surface area (Å²) in [5, 5.41) is 10.6. The number of carbonyl (C=O) groups is 1. The van der Waals surface area contributed by atoms with Crippen LogP contribution in [0.25, 0.3) is 22.2 Å². The molecule has 2 N–H and O–H groups in total. The van der Waals surface area contributed by atoms with Crippen molar-refractivity contribution in [3.63, 3.8) is 0 Å². The molecule has 0 saturated carbocycles. The molecule has 0 atom stereocenters. The van der Waals surface area contributed by atoms with Crippen molar-refractivity contribution >= 4 is 28.5 Å². The van der Waals surface area contributed by atoms with E-state index in [1.54, 1.807) is 0 Å². The Morgan fingerprint density at radius 1 is 1.10 bits per heavy atom. The van der Waals surface area contributed by atoms with Gasteiger partial charge in [0, 0.05) is 17.5 Å². The van der Waals surface area contributed by atoms with E-state index in [-0.39, 0.29) is 6.42 Å². The molecular formula is C17H14ClNO2. The van der Waals surface area contributed by atoms with E-state index < -0.39 is 5.97 Å². The van der Waals surface area contributed by atoms with Crippen LogP contribution in [-0.4, -0.2) is 16.1 Å². The van der Waals surface area contributed by atoms with Crippen molar-refractivity contribution in [2.75, 3.05) is 0 Å². The van der Waals surface area contributed by atoms with Crippen molar-refractivity contribution in [2.24, 2.45) is 0 Å². The highest BCUT2D eigenvalue weighted by molar-refractivity contribution is 6.35. The van der Waals surface area contributed by atoms with Gasteiger partial charge in [-0.25, -0.2) is 0 Å². The van der Waals surface area contributed by atoms with Gasteiger partial charge in [-0.3, -0.25) is 4.79 Å². The molecule has 0 aliphatic carbocycles. The standard InChI is InChI=1S/C17H14ClNO2/c18-14-8-4-7-12-13(9-10-15(20)21)16(19-17(12)14)11-5-2-1-3-6-11/h1-8,19H,9-10H2,(H,20,21). The number of H-pyrrole nitrogens is 1. The summed E-state index contributed by atoms with van der Waals surface area (Å²) >= 11 is 6.24. The maximum Gasteiger partial charge on any atom is 0.303 e. The van der Waals surface area contributed by atoms with Crippen LogP contribution in [0.1, 0.15) is 12.0 Å². The molecule has 0 amide bonds. The molecule has 0 saturated heterocycles. The lowest BCUT2D eigenvalue weighted by Gasteiger charge is -2.03. The third-order valence-electron chi connectivity index (χ3n) is 3.54. The predicted octanol–water partition coefficient (Wildman–Crippen LogP) is 4.51. The van der Waals surface area contributed by atoms with E-state index >= 15 is 0 Å². The highest BCUT2D eigenvalue weighted by Gasteiger charge is 2.15. The Balaban J connectivity index is 2.20. The lowest BCUT2D eigenvalue weighted by Crippen LogP contribution is -1.98. The zero-order valence-electron chi connectivity index (χ0n) is 11.3. The molecule has 2 aromatic carbocycles. The molecule has 3 aromatic rings. The molecule has 4 heteroatoms. The number of hydrogen-bond donors (Lipinski definition) is 2. The molecule has 0 aliphatic rings. The maximum absolute atomic E-state index is 10.9. The number of carboxylic acid groups (broad SMARTS) is 1. The molecule has 21 heavy (non-hydrogen) atoms. The lowest BCUT2D eigenvalue weighted by atomic mass is 10.0. The average molecular weight is 300 g/mol. The molecule has 106 valence electrons. The summed E-state index contributed by atoms with van der Waals surface area (Å²) in [5.41, 5.74) is 3.84. The molecule has 0 bridgehead atoms. The van der Waals surface area contributed by atoms with Crippen LogP contribution < -0.4 is 0 Å². The van der Waals surface area contributed by atoms with E-state index in [0.717, 1.165) is 27.7 Å². The molecular weight excluding hydrogens is 286 g/mol. The minimum Gasteiger partial charge on any atom is -0.481 e. The largest absolute Gasteiger partial charge is 0.481 e. The maximum atomic E-state index is 10.9. The average Bonchev–Trinajstić information content (AvgIpc) is 2.86. The first-order valence-electron chi connectivity index (χ1n) is 6.73. The molecule has 0 radical (unpaired) electrons. The number of aromatic amines is 1. The fraction of sp³-hybridized carbons (Fsp3) is 0.118. The van der Waals surface area contributed by atoms with E-state index in [1.165, 1.54) is 0 Å². The summed E-state index contributed by atoms with van der Waals surface area (Å²) in [6, 6.07) is 15.6. The smallest absolute Gasteiger partial charge is 0.303 e. The Hall–Kier alpha value is -2.26. The van der Waals surface area contributed by atoms with Crippen molar-refractivity contribution in [1.29, 1.82) is 0 Å². The fourth-order valence-electron chi connectivity index (χ4n) is 2.58. The minimum atomic E-state index is -0.801. The predicted molar refractivity (Wildman–Crippen MR) is 84.7 cm³/mol. The number of nitrogens with one attached hydrogen (secondary N) is 1. The Morgan fingerprint density at radius 2 is 1.86 bits per heavy atom. The van der Waals surface area contributed by atoms with Gasteiger partial charge >= 0.3 is 5.97 Å². The van der Waals surface area contributed by atoms with Crippen molar-refractivity contribution in [3.8, 4) is 11.3 Å². The monoisotopic (exact) mass is 299 g/mol. The number of hydrogen-bond acceptors (Lipinski definition) is 1. The number of aliphatic carboxylic acids is 1. The van der Waals surface area contributed by atoms with Gasteiger partial charge < -0.3 is 10.1 Å². The van der Waals surface area contributed by atoms with Gasteiger partial charge in [-0.1, -0.05) is 54.1 Å². The molecule has 0 spiro atoms. The van der Waals surface area contributed by atoms with E-state index in [9.17, 15) is 4.79 Å². The quantitative estimate of drug-likeness (QED) is 0.745. The lowest BCUT2D eigenvalue weighted by molar-refractivity contribution is -0.136. The topological polar surface area (TPSA) is 53.1 Å². The summed E-state index contributed by atoms with van der Waals surface area (Å²) in [4.78, 5) is 14.3. The zero-order chi connectivity index (χ0) is 14.8. The molecule has 3 nitrogen and oxygen atoms in total. The molecule has 0 unspecified atom stereocenters. The number of halogens is 1. The first-order valence-corrected chi connectivity index (χ1v) is 7.11.